The molecule has 0 spiro atoms. The lowest BCUT2D eigenvalue weighted by Crippen LogP contribution is -2.39. The van der Waals surface area contributed by atoms with E-state index in [0.29, 0.717) is 30.8 Å². The predicted molar refractivity (Wildman–Crippen MR) is 115 cm³/mol. The van der Waals surface area contributed by atoms with E-state index in [1.54, 1.807) is 0 Å². The summed E-state index contributed by atoms with van der Waals surface area (Å²) >= 11 is 0. The molecule has 2 aliphatic rings. The number of benzene rings is 2. The molecule has 1 unspecified atom stereocenters. The van der Waals surface area contributed by atoms with Crippen molar-refractivity contribution in [3.63, 3.8) is 0 Å². The van der Waals surface area contributed by atoms with Crippen molar-refractivity contribution in [3.05, 3.63) is 71.8 Å². The number of carbonyl (C=O) groups is 1. The van der Waals surface area contributed by atoms with Crippen molar-refractivity contribution in [3.8, 4) is 0 Å². The van der Waals surface area contributed by atoms with Gasteiger partial charge in [-0.05, 0) is 42.3 Å². The fourth-order valence-electron chi connectivity index (χ4n) is 4.39. The number of nitrogens with two attached hydrogens (primary N) is 1. The fourth-order valence-corrected chi connectivity index (χ4v) is 4.39. The normalized spacial score (nSPS) is 23.0. The molecular formula is C23H30ClN3O. The van der Waals surface area contributed by atoms with Crippen LogP contribution in [0.4, 0.5) is 0 Å². The highest BCUT2D eigenvalue weighted by Gasteiger charge is 2.36. The maximum Gasteiger partial charge on any atom is 0.234 e. The standard InChI is InChI=1S/C23H29N3O.ClH/c24-13-20-14-26(15-21(20)17-7-3-1-4-8-17)16-22(27)25-23(19-11-12-19)18-9-5-2-6-10-18;/h1-10,19-21,23H,11-16,24H2,(H,25,27);1H/t20-,21+,23?;/m1./s1. The molecule has 1 heterocycles. The highest BCUT2D eigenvalue weighted by molar-refractivity contribution is 5.85. The number of amides is 1. The monoisotopic (exact) mass is 399 g/mol. The van der Waals surface area contributed by atoms with Crippen LogP contribution in [0.25, 0.3) is 0 Å². The molecule has 2 aromatic carbocycles. The van der Waals surface area contributed by atoms with Gasteiger partial charge in [0, 0.05) is 19.0 Å². The molecule has 28 heavy (non-hydrogen) atoms. The smallest absolute Gasteiger partial charge is 0.234 e. The molecule has 1 aliphatic carbocycles. The third-order valence-corrected chi connectivity index (χ3v) is 5.98. The van der Waals surface area contributed by atoms with Gasteiger partial charge in [-0.2, -0.15) is 0 Å². The zero-order valence-electron chi connectivity index (χ0n) is 16.2. The maximum atomic E-state index is 12.8. The van der Waals surface area contributed by atoms with Crippen LogP contribution in [-0.2, 0) is 4.79 Å². The number of halogens is 1. The fraction of sp³-hybridized carbons (Fsp3) is 0.435. The Balaban J connectivity index is 0.00000225. The van der Waals surface area contributed by atoms with Crippen molar-refractivity contribution < 1.29 is 4.79 Å². The lowest BCUT2D eigenvalue weighted by molar-refractivity contribution is -0.123. The van der Waals surface area contributed by atoms with Gasteiger partial charge in [0.2, 0.25) is 5.91 Å². The van der Waals surface area contributed by atoms with E-state index in [4.69, 9.17) is 5.73 Å². The molecule has 4 rings (SSSR count). The van der Waals surface area contributed by atoms with Gasteiger partial charge in [-0.3, -0.25) is 9.69 Å². The van der Waals surface area contributed by atoms with Crippen molar-refractivity contribution in [2.24, 2.45) is 17.6 Å². The number of nitrogens with one attached hydrogen (secondary N) is 1. The maximum absolute atomic E-state index is 12.8. The third kappa shape index (κ3) is 4.93. The molecule has 1 aliphatic heterocycles. The van der Waals surface area contributed by atoms with E-state index in [0.717, 1.165) is 13.1 Å². The Morgan fingerprint density at radius 3 is 2.29 bits per heavy atom. The largest absolute Gasteiger partial charge is 0.348 e. The molecular weight excluding hydrogens is 370 g/mol. The van der Waals surface area contributed by atoms with Crippen LogP contribution >= 0.6 is 12.4 Å². The van der Waals surface area contributed by atoms with Crippen LogP contribution in [0.2, 0.25) is 0 Å². The first kappa shape index (κ1) is 20.8. The first-order valence-corrected chi connectivity index (χ1v) is 10.1. The van der Waals surface area contributed by atoms with Crippen LogP contribution < -0.4 is 11.1 Å². The van der Waals surface area contributed by atoms with Crippen LogP contribution in [0.15, 0.2) is 60.7 Å². The van der Waals surface area contributed by atoms with E-state index in [2.05, 4.69) is 46.6 Å². The molecule has 1 saturated carbocycles. The van der Waals surface area contributed by atoms with Gasteiger partial charge in [0.25, 0.3) is 0 Å². The second-order valence-electron chi connectivity index (χ2n) is 8.00. The van der Waals surface area contributed by atoms with Crippen molar-refractivity contribution in [2.75, 3.05) is 26.2 Å². The first-order chi connectivity index (χ1) is 13.2. The number of hydrogen-bond acceptors (Lipinski definition) is 3. The minimum absolute atomic E-state index is 0. The molecule has 0 aromatic heterocycles. The van der Waals surface area contributed by atoms with Gasteiger partial charge in [-0.25, -0.2) is 0 Å². The van der Waals surface area contributed by atoms with E-state index in [-0.39, 0.29) is 24.4 Å². The van der Waals surface area contributed by atoms with E-state index < -0.39 is 0 Å². The van der Waals surface area contributed by atoms with Crippen LogP contribution in [0.5, 0.6) is 0 Å². The summed E-state index contributed by atoms with van der Waals surface area (Å²) in [4.78, 5) is 15.0. The molecule has 4 nitrogen and oxygen atoms in total. The van der Waals surface area contributed by atoms with Gasteiger partial charge in [0.1, 0.15) is 0 Å². The quantitative estimate of drug-likeness (QED) is 0.750. The second kappa shape index (κ2) is 9.55. The molecule has 1 amide bonds. The summed E-state index contributed by atoms with van der Waals surface area (Å²) < 4.78 is 0. The van der Waals surface area contributed by atoms with Crippen LogP contribution in [0.3, 0.4) is 0 Å². The summed E-state index contributed by atoms with van der Waals surface area (Å²) in [6, 6.07) is 21.1. The van der Waals surface area contributed by atoms with Gasteiger partial charge in [0.05, 0.1) is 12.6 Å². The van der Waals surface area contributed by atoms with Crippen LogP contribution in [0, 0.1) is 11.8 Å². The van der Waals surface area contributed by atoms with Gasteiger partial charge >= 0.3 is 0 Å². The average molecular weight is 400 g/mol. The van der Waals surface area contributed by atoms with Crippen molar-refractivity contribution in [2.45, 2.75) is 24.8 Å². The average Bonchev–Trinajstić information content (AvgIpc) is 3.47. The minimum Gasteiger partial charge on any atom is -0.348 e. The molecule has 3 atom stereocenters. The second-order valence-corrected chi connectivity index (χ2v) is 8.00. The Hall–Kier alpha value is -1.88. The summed E-state index contributed by atoms with van der Waals surface area (Å²) in [7, 11) is 0. The highest BCUT2D eigenvalue weighted by atomic mass is 35.5. The molecule has 1 saturated heterocycles. The van der Waals surface area contributed by atoms with Crippen LogP contribution in [0.1, 0.15) is 35.9 Å². The highest BCUT2D eigenvalue weighted by Crippen LogP contribution is 2.41. The number of rotatable bonds is 7. The SMILES string of the molecule is Cl.NC[C@@H]1CN(CC(=O)NC(c2ccccc2)C2CC2)C[C@H]1c1ccccc1. The Labute approximate surface area is 173 Å². The first-order valence-electron chi connectivity index (χ1n) is 10.1. The van der Waals surface area contributed by atoms with Crippen molar-refractivity contribution in [1.29, 1.82) is 0 Å². The number of likely N-dealkylation sites (tertiary alicyclic amines) is 1. The van der Waals surface area contributed by atoms with E-state index in [1.165, 1.54) is 24.0 Å². The van der Waals surface area contributed by atoms with Gasteiger partial charge in [0.15, 0.2) is 0 Å². The van der Waals surface area contributed by atoms with Crippen LogP contribution in [-0.4, -0.2) is 37.0 Å². The number of carbonyl (C=O) groups excluding carboxylic acids is 1. The Morgan fingerprint density at radius 2 is 1.68 bits per heavy atom. The Morgan fingerprint density at radius 1 is 1.04 bits per heavy atom. The summed E-state index contributed by atoms with van der Waals surface area (Å²) in [5.41, 5.74) is 8.58. The summed E-state index contributed by atoms with van der Waals surface area (Å²) in [6.07, 6.45) is 2.41. The molecule has 0 radical (unpaired) electrons. The van der Waals surface area contributed by atoms with E-state index >= 15 is 0 Å². The van der Waals surface area contributed by atoms with E-state index in [9.17, 15) is 4.79 Å². The summed E-state index contributed by atoms with van der Waals surface area (Å²) in [6.45, 7) is 2.91. The van der Waals surface area contributed by atoms with Gasteiger partial charge in [-0.15, -0.1) is 12.4 Å². The Kier molecular flexibility index (Phi) is 7.11. The Bertz CT molecular complexity index is 751. The molecule has 2 aromatic rings. The number of hydrogen-bond donors (Lipinski definition) is 2. The topological polar surface area (TPSA) is 58.4 Å². The third-order valence-electron chi connectivity index (χ3n) is 5.98. The predicted octanol–water partition coefficient (Wildman–Crippen LogP) is 3.35. The van der Waals surface area contributed by atoms with Gasteiger partial charge < -0.3 is 11.1 Å². The zero-order chi connectivity index (χ0) is 18.6. The zero-order valence-corrected chi connectivity index (χ0v) is 17.0. The molecule has 2 fully saturated rings. The molecule has 3 N–H and O–H groups in total. The lowest BCUT2D eigenvalue weighted by Gasteiger charge is -2.21. The van der Waals surface area contributed by atoms with Crippen molar-refractivity contribution >= 4 is 18.3 Å². The molecule has 150 valence electrons. The minimum atomic E-state index is 0. The summed E-state index contributed by atoms with van der Waals surface area (Å²) in [5.74, 6) is 1.54. The van der Waals surface area contributed by atoms with Crippen molar-refractivity contribution in [1.82, 2.24) is 10.2 Å². The van der Waals surface area contributed by atoms with Gasteiger partial charge in [-0.1, -0.05) is 60.7 Å². The molecule has 5 heteroatoms. The molecule has 0 bridgehead atoms. The lowest BCUT2D eigenvalue weighted by atomic mass is 9.89. The summed E-state index contributed by atoms with van der Waals surface area (Å²) in [5, 5.41) is 3.30. The number of nitrogens with zero attached hydrogens (tertiary/aromatic N) is 1. The van der Waals surface area contributed by atoms with E-state index in [1.807, 2.05) is 24.3 Å².